The summed E-state index contributed by atoms with van der Waals surface area (Å²) >= 11 is 0. The van der Waals surface area contributed by atoms with E-state index in [-0.39, 0.29) is 5.91 Å². The first-order chi connectivity index (χ1) is 10.8. The van der Waals surface area contributed by atoms with E-state index in [9.17, 15) is 18.8 Å². The van der Waals surface area contributed by atoms with E-state index in [2.05, 4.69) is 5.32 Å². The molecule has 0 saturated carbocycles. The molecule has 1 aromatic carbocycles. The van der Waals surface area contributed by atoms with Gasteiger partial charge in [-0.15, -0.1) is 0 Å². The van der Waals surface area contributed by atoms with Crippen molar-refractivity contribution in [3.63, 3.8) is 0 Å². The minimum atomic E-state index is -1.34. The van der Waals surface area contributed by atoms with Crippen molar-refractivity contribution in [1.29, 1.82) is 0 Å². The smallest absolute Gasteiger partial charge is 0.326 e. The second-order valence-electron chi connectivity index (χ2n) is 6.11. The quantitative estimate of drug-likeness (QED) is 0.639. The summed E-state index contributed by atoms with van der Waals surface area (Å²) < 4.78 is 18.4. The number of imide groups is 1. The Morgan fingerprint density at radius 3 is 2.65 bits per heavy atom. The van der Waals surface area contributed by atoms with Gasteiger partial charge in [-0.2, -0.15) is 0 Å². The van der Waals surface area contributed by atoms with Crippen LogP contribution in [-0.2, 0) is 19.1 Å². The Hall–Kier alpha value is -2.28. The van der Waals surface area contributed by atoms with Gasteiger partial charge in [-0.25, -0.2) is 4.39 Å². The van der Waals surface area contributed by atoms with E-state index in [1.54, 1.807) is 13.0 Å². The van der Waals surface area contributed by atoms with Crippen LogP contribution in [0.5, 0.6) is 0 Å². The number of nitrogens with zero attached hydrogens (tertiary/aromatic N) is 1. The number of benzene rings is 1. The fraction of sp³-hybridized carbons (Fsp3) is 0.438. The summed E-state index contributed by atoms with van der Waals surface area (Å²) in [6, 6.07) is 5.15. The third-order valence-corrected chi connectivity index (χ3v) is 4.83. The van der Waals surface area contributed by atoms with Crippen LogP contribution in [-0.4, -0.2) is 42.4 Å². The molecule has 1 aromatic rings. The number of halogens is 1. The van der Waals surface area contributed by atoms with Crippen molar-refractivity contribution in [1.82, 2.24) is 10.2 Å². The van der Waals surface area contributed by atoms with Gasteiger partial charge in [-0.3, -0.25) is 24.6 Å². The van der Waals surface area contributed by atoms with Crippen LogP contribution in [0.3, 0.4) is 0 Å². The molecular formula is C16H17FN2O4. The van der Waals surface area contributed by atoms with Gasteiger partial charge in [0.15, 0.2) is 0 Å². The number of carbonyl (C=O) groups is 3. The zero-order valence-electron chi connectivity index (χ0n) is 13.0. The van der Waals surface area contributed by atoms with Crippen LogP contribution in [0.4, 0.5) is 4.39 Å². The predicted molar refractivity (Wildman–Crippen MR) is 77.5 cm³/mol. The van der Waals surface area contributed by atoms with Crippen molar-refractivity contribution < 1.29 is 23.5 Å². The number of nitrogens with one attached hydrogen (secondary N) is 1. The van der Waals surface area contributed by atoms with Gasteiger partial charge < -0.3 is 4.74 Å². The van der Waals surface area contributed by atoms with Crippen molar-refractivity contribution in [3.8, 4) is 0 Å². The third kappa shape index (κ3) is 2.07. The summed E-state index contributed by atoms with van der Waals surface area (Å²) in [6.07, 6.45) is 0. The summed E-state index contributed by atoms with van der Waals surface area (Å²) in [6.45, 7) is 1.54. The second-order valence-corrected chi connectivity index (χ2v) is 6.11. The molecule has 0 bridgehead atoms. The van der Waals surface area contributed by atoms with Crippen LogP contribution in [0, 0.1) is 17.7 Å². The lowest BCUT2D eigenvalue weighted by Crippen LogP contribution is -2.53. The zero-order chi connectivity index (χ0) is 16.9. The van der Waals surface area contributed by atoms with Gasteiger partial charge in [0, 0.05) is 13.1 Å². The number of hydrogen-bond donors (Lipinski definition) is 1. The maximum Gasteiger partial charge on any atom is 0.326 e. The normalized spacial score (nSPS) is 33.0. The first-order valence-corrected chi connectivity index (χ1v) is 7.24. The first kappa shape index (κ1) is 15.6. The molecule has 0 aliphatic carbocycles. The average Bonchev–Trinajstić information content (AvgIpc) is 2.97. The number of methoxy groups -OCH3 is 1. The number of amides is 2. The van der Waals surface area contributed by atoms with Gasteiger partial charge in [0.25, 0.3) is 0 Å². The molecular weight excluding hydrogens is 303 g/mol. The molecule has 3 rings (SSSR count). The van der Waals surface area contributed by atoms with Crippen LogP contribution in [0.15, 0.2) is 24.3 Å². The largest absolute Gasteiger partial charge is 0.468 e. The summed E-state index contributed by atoms with van der Waals surface area (Å²) in [4.78, 5) is 38.2. The Morgan fingerprint density at radius 1 is 1.35 bits per heavy atom. The molecule has 6 nitrogen and oxygen atoms in total. The lowest BCUT2D eigenvalue weighted by Gasteiger charge is -2.27. The fourth-order valence-corrected chi connectivity index (χ4v) is 3.67. The molecule has 2 aliphatic heterocycles. The highest BCUT2D eigenvalue weighted by atomic mass is 19.1. The van der Waals surface area contributed by atoms with Crippen molar-refractivity contribution in [3.05, 3.63) is 35.6 Å². The third-order valence-electron chi connectivity index (χ3n) is 4.83. The monoisotopic (exact) mass is 320 g/mol. The molecule has 2 amide bonds. The summed E-state index contributed by atoms with van der Waals surface area (Å²) in [5, 5.41) is 3.04. The molecule has 2 heterocycles. The van der Waals surface area contributed by atoms with E-state index in [1.807, 2.05) is 0 Å². The Kier molecular flexibility index (Phi) is 3.48. The van der Waals surface area contributed by atoms with E-state index >= 15 is 0 Å². The number of hydrogen-bond acceptors (Lipinski definition) is 5. The minimum Gasteiger partial charge on any atom is -0.468 e. The van der Waals surface area contributed by atoms with Crippen LogP contribution in [0.2, 0.25) is 0 Å². The molecule has 2 fully saturated rings. The molecule has 0 radical (unpaired) electrons. The minimum absolute atomic E-state index is 0.380. The van der Waals surface area contributed by atoms with Crippen molar-refractivity contribution in [2.45, 2.75) is 18.5 Å². The maximum absolute atomic E-state index is 13.6. The van der Waals surface area contributed by atoms with Crippen molar-refractivity contribution in [2.75, 3.05) is 14.2 Å². The molecule has 0 spiro atoms. The predicted octanol–water partition coefficient (Wildman–Crippen LogP) is 0.633. The van der Waals surface area contributed by atoms with Crippen molar-refractivity contribution in [2.24, 2.45) is 11.8 Å². The van der Waals surface area contributed by atoms with Gasteiger partial charge in [0.1, 0.15) is 11.4 Å². The highest BCUT2D eigenvalue weighted by molar-refractivity contribution is 6.09. The molecule has 122 valence electrons. The number of ether oxygens (including phenoxy) is 1. The summed E-state index contributed by atoms with van der Waals surface area (Å²) in [5.41, 5.74) is -0.822. The Balaban J connectivity index is 2.11. The highest BCUT2D eigenvalue weighted by Crippen LogP contribution is 2.48. The van der Waals surface area contributed by atoms with Crippen LogP contribution in [0.1, 0.15) is 18.5 Å². The first-order valence-electron chi connectivity index (χ1n) is 7.24. The Bertz CT molecular complexity index is 707. The summed E-state index contributed by atoms with van der Waals surface area (Å²) in [5.74, 6) is -3.52. The van der Waals surface area contributed by atoms with Gasteiger partial charge in [-0.05, 0) is 24.6 Å². The van der Waals surface area contributed by atoms with Gasteiger partial charge in [0.05, 0.1) is 18.9 Å². The molecule has 0 aromatic heterocycles. The van der Waals surface area contributed by atoms with E-state index < -0.39 is 41.1 Å². The Morgan fingerprint density at radius 2 is 2.04 bits per heavy atom. The van der Waals surface area contributed by atoms with E-state index in [0.29, 0.717) is 5.56 Å². The number of fused-ring (bicyclic) bond motifs is 1. The van der Waals surface area contributed by atoms with Crippen LogP contribution >= 0.6 is 0 Å². The maximum atomic E-state index is 13.6. The van der Waals surface area contributed by atoms with Crippen LogP contribution < -0.4 is 5.32 Å². The molecule has 2 aliphatic rings. The van der Waals surface area contributed by atoms with Gasteiger partial charge in [0.2, 0.25) is 11.8 Å². The SMILES string of the molecule is COC(=O)[C@]1(C)N[C@H](c2cccc(F)c2)[C@@H]2C(=O)N(C)C(=O)[C@@H]21. The van der Waals surface area contributed by atoms with E-state index in [1.165, 1.54) is 32.4 Å². The number of likely N-dealkylation sites (tertiary alicyclic amines) is 1. The fourth-order valence-electron chi connectivity index (χ4n) is 3.67. The lowest BCUT2D eigenvalue weighted by molar-refractivity contribution is -0.152. The number of esters is 1. The molecule has 0 unspecified atom stereocenters. The van der Waals surface area contributed by atoms with E-state index in [0.717, 1.165) is 4.90 Å². The lowest BCUT2D eigenvalue weighted by atomic mass is 9.80. The molecule has 2 saturated heterocycles. The summed E-state index contributed by atoms with van der Waals surface area (Å²) in [7, 11) is 2.62. The number of carbonyl (C=O) groups excluding carboxylic acids is 3. The highest BCUT2D eigenvalue weighted by Gasteiger charge is 2.66. The van der Waals surface area contributed by atoms with Crippen LogP contribution in [0.25, 0.3) is 0 Å². The zero-order valence-corrected chi connectivity index (χ0v) is 13.0. The average molecular weight is 320 g/mol. The molecule has 23 heavy (non-hydrogen) atoms. The molecule has 1 N–H and O–H groups in total. The topological polar surface area (TPSA) is 75.7 Å². The number of rotatable bonds is 2. The van der Waals surface area contributed by atoms with Gasteiger partial charge >= 0.3 is 5.97 Å². The molecule has 7 heteroatoms. The Labute approximate surface area is 132 Å². The standard InChI is InChI=1S/C16H17FN2O4/c1-16(15(22)23-3)11-10(13(20)19(2)14(11)21)12(18-16)8-5-4-6-9(17)7-8/h4-7,10-12,18H,1-3H3/t10-,11-,12-,16-/m1/s1. The van der Waals surface area contributed by atoms with Crippen molar-refractivity contribution >= 4 is 17.8 Å². The van der Waals surface area contributed by atoms with Gasteiger partial charge in [-0.1, -0.05) is 12.1 Å². The van der Waals surface area contributed by atoms with E-state index in [4.69, 9.17) is 4.74 Å². The molecule has 4 atom stereocenters. The second kappa shape index (κ2) is 5.13.